The first kappa shape index (κ1) is 6.44. The van der Waals surface area contributed by atoms with E-state index in [9.17, 15) is 0 Å². The van der Waals surface area contributed by atoms with Crippen molar-refractivity contribution >= 4 is 17.8 Å². The Labute approximate surface area is 48.0 Å². The Morgan fingerprint density at radius 3 is 2.43 bits per heavy atom. The maximum atomic E-state index is 5.26. The van der Waals surface area contributed by atoms with Gasteiger partial charge in [-0.3, -0.25) is 4.99 Å². The van der Waals surface area contributed by atoms with Crippen molar-refractivity contribution in [3.8, 4) is 0 Å². The molecule has 38 valence electrons. The Hall–Kier alpha value is -0.560. The Morgan fingerprint density at radius 2 is 2.29 bits per heavy atom. The lowest BCUT2D eigenvalue weighted by Crippen LogP contribution is -1.63. The molecule has 0 aliphatic carbocycles. The third-order valence-corrected chi connectivity index (χ3v) is 0.418. The van der Waals surface area contributed by atoms with E-state index in [4.69, 9.17) is 11.6 Å². The fourth-order valence-corrected chi connectivity index (χ4v) is 0.190. The maximum Gasteiger partial charge on any atom is 0.0517 e. The SMILES string of the molecule is C=CN=CC(=C)Cl. The quantitative estimate of drug-likeness (QED) is 0.488. The van der Waals surface area contributed by atoms with Crippen molar-refractivity contribution in [3.63, 3.8) is 0 Å². The highest BCUT2D eigenvalue weighted by Gasteiger charge is 1.70. The molecule has 0 radical (unpaired) electrons. The molecule has 2 heteroatoms. The summed E-state index contributed by atoms with van der Waals surface area (Å²) in [6, 6.07) is 0. The summed E-state index contributed by atoms with van der Waals surface area (Å²) in [4.78, 5) is 3.58. The summed E-state index contributed by atoms with van der Waals surface area (Å²) in [7, 11) is 0. The second-order valence-electron chi connectivity index (χ2n) is 0.908. The van der Waals surface area contributed by atoms with Crippen molar-refractivity contribution < 1.29 is 0 Å². The van der Waals surface area contributed by atoms with Gasteiger partial charge in [-0.15, -0.1) is 0 Å². The number of allylic oxidation sites excluding steroid dienone is 1. The number of rotatable bonds is 2. The smallest absolute Gasteiger partial charge is 0.0517 e. The molecule has 0 amide bonds. The molecule has 0 rings (SSSR count). The minimum atomic E-state index is 0.417. The van der Waals surface area contributed by atoms with Gasteiger partial charge in [0, 0.05) is 12.4 Å². The highest BCUT2D eigenvalue weighted by Crippen LogP contribution is 1.89. The summed E-state index contributed by atoms with van der Waals surface area (Å²) < 4.78 is 0. The van der Waals surface area contributed by atoms with Crippen molar-refractivity contribution in [2.45, 2.75) is 0 Å². The summed E-state index contributed by atoms with van der Waals surface area (Å²) in [5, 5.41) is 0.417. The van der Waals surface area contributed by atoms with Gasteiger partial charge in [0.1, 0.15) is 0 Å². The number of halogens is 1. The molecule has 0 aliphatic heterocycles. The highest BCUT2D eigenvalue weighted by molar-refractivity contribution is 6.38. The molecule has 1 nitrogen and oxygen atoms in total. The molecule has 0 unspecified atom stereocenters. The third-order valence-electron chi connectivity index (χ3n) is 0.320. The highest BCUT2D eigenvalue weighted by atomic mass is 35.5. The van der Waals surface area contributed by atoms with Crippen LogP contribution in [-0.2, 0) is 0 Å². The summed E-state index contributed by atoms with van der Waals surface area (Å²) >= 11 is 5.26. The van der Waals surface area contributed by atoms with Crippen LogP contribution in [0.1, 0.15) is 0 Å². The lowest BCUT2D eigenvalue weighted by Gasteiger charge is -1.73. The van der Waals surface area contributed by atoms with E-state index in [0.717, 1.165) is 0 Å². The molecule has 0 spiro atoms. The van der Waals surface area contributed by atoms with Crippen LogP contribution < -0.4 is 0 Å². The predicted molar refractivity (Wildman–Crippen MR) is 33.7 cm³/mol. The molecule has 0 aromatic rings. The number of nitrogens with zero attached hydrogens (tertiary/aromatic N) is 1. The van der Waals surface area contributed by atoms with Gasteiger partial charge in [0.2, 0.25) is 0 Å². The van der Waals surface area contributed by atoms with Gasteiger partial charge >= 0.3 is 0 Å². The van der Waals surface area contributed by atoms with E-state index in [1.54, 1.807) is 0 Å². The van der Waals surface area contributed by atoms with Crippen LogP contribution in [0.4, 0.5) is 0 Å². The van der Waals surface area contributed by atoms with Crippen molar-refractivity contribution in [3.05, 3.63) is 24.4 Å². The average molecular weight is 116 g/mol. The average Bonchev–Trinajstić information content (AvgIpc) is 1.61. The van der Waals surface area contributed by atoms with Gasteiger partial charge in [0.15, 0.2) is 0 Å². The van der Waals surface area contributed by atoms with E-state index in [1.165, 1.54) is 12.4 Å². The topological polar surface area (TPSA) is 12.4 Å². The zero-order valence-corrected chi connectivity index (χ0v) is 4.65. The van der Waals surface area contributed by atoms with Crippen molar-refractivity contribution in [2.24, 2.45) is 4.99 Å². The fraction of sp³-hybridized carbons (Fsp3) is 0. The van der Waals surface area contributed by atoms with E-state index < -0.39 is 0 Å². The fourth-order valence-electron chi connectivity index (χ4n) is 0.134. The molecule has 0 saturated heterocycles. The lowest BCUT2D eigenvalue weighted by atomic mass is 10.7. The van der Waals surface area contributed by atoms with Crippen LogP contribution >= 0.6 is 11.6 Å². The van der Waals surface area contributed by atoms with Gasteiger partial charge in [-0.05, 0) is 0 Å². The largest absolute Gasteiger partial charge is 0.264 e. The summed E-state index contributed by atoms with van der Waals surface area (Å²) in [5.41, 5.74) is 0. The van der Waals surface area contributed by atoms with Crippen LogP contribution in [0.5, 0.6) is 0 Å². The monoisotopic (exact) mass is 115 g/mol. The van der Waals surface area contributed by atoms with Gasteiger partial charge in [0.05, 0.1) is 5.03 Å². The van der Waals surface area contributed by atoms with E-state index >= 15 is 0 Å². The third kappa shape index (κ3) is 5.44. The molecule has 0 aromatic heterocycles. The molecule has 0 aromatic carbocycles. The lowest BCUT2D eigenvalue weighted by molar-refractivity contribution is 1.62. The molecule has 0 bridgehead atoms. The van der Waals surface area contributed by atoms with Crippen molar-refractivity contribution in [1.29, 1.82) is 0 Å². The number of hydrogen-bond donors (Lipinski definition) is 0. The minimum Gasteiger partial charge on any atom is -0.264 e. The van der Waals surface area contributed by atoms with E-state index in [2.05, 4.69) is 18.2 Å². The molecule has 0 heterocycles. The first-order valence-electron chi connectivity index (χ1n) is 1.76. The normalized spacial score (nSPS) is 9.29. The standard InChI is InChI=1S/C5H6ClN/c1-3-7-4-5(2)6/h3-4H,1-2H2. The first-order valence-corrected chi connectivity index (χ1v) is 2.13. The van der Waals surface area contributed by atoms with Crippen LogP contribution in [0.3, 0.4) is 0 Å². The van der Waals surface area contributed by atoms with Crippen LogP contribution in [0.2, 0.25) is 0 Å². The van der Waals surface area contributed by atoms with E-state index in [1.807, 2.05) is 0 Å². The number of aliphatic imine (C=N–C) groups is 1. The zero-order valence-electron chi connectivity index (χ0n) is 3.89. The van der Waals surface area contributed by atoms with E-state index in [-0.39, 0.29) is 0 Å². The molecule has 0 aliphatic rings. The summed E-state index contributed by atoms with van der Waals surface area (Å²) in [5.74, 6) is 0. The Bertz CT molecular complexity index is 105. The molecular formula is C5H6ClN. The maximum absolute atomic E-state index is 5.26. The summed E-state index contributed by atoms with van der Waals surface area (Å²) in [6.45, 7) is 6.70. The van der Waals surface area contributed by atoms with Crippen molar-refractivity contribution in [1.82, 2.24) is 0 Å². The van der Waals surface area contributed by atoms with Crippen LogP contribution in [0.15, 0.2) is 29.4 Å². The minimum absolute atomic E-state index is 0.417. The number of hydrogen-bond acceptors (Lipinski definition) is 1. The van der Waals surface area contributed by atoms with Gasteiger partial charge in [-0.2, -0.15) is 0 Å². The second-order valence-corrected chi connectivity index (χ2v) is 1.39. The van der Waals surface area contributed by atoms with Gasteiger partial charge < -0.3 is 0 Å². The van der Waals surface area contributed by atoms with Crippen molar-refractivity contribution in [2.75, 3.05) is 0 Å². The van der Waals surface area contributed by atoms with Crippen LogP contribution in [-0.4, -0.2) is 6.21 Å². The Morgan fingerprint density at radius 1 is 1.71 bits per heavy atom. The first-order chi connectivity index (χ1) is 3.27. The predicted octanol–water partition coefficient (Wildman–Crippen LogP) is 1.95. The molecule has 0 fully saturated rings. The molecule has 0 saturated carbocycles. The summed E-state index contributed by atoms with van der Waals surface area (Å²) in [6.07, 6.45) is 2.82. The van der Waals surface area contributed by atoms with Crippen LogP contribution in [0, 0.1) is 0 Å². The molecule has 7 heavy (non-hydrogen) atoms. The second kappa shape index (κ2) is 3.62. The molecule has 0 atom stereocenters. The molecule has 0 N–H and O–H groups in total. The van der Waals surface area contributed by atoms with Crippen LogP contribution in [0.25, 0.3) is 0 Å². The molecular weight excluding hydrogens is 110 g/mol. The zero-order chi connectivity index (χ0) is 5.70. The van der Waals surface area contributed by atoms with Gasteiger partial charge in [0.25, 0.3) is 0 Å². The van der Waals surface area contributed by atoms with E-state index in [0.29, 0.717) is 5.03 Å². The Balaban J connectivity index is 3.46. The van der Waals surface area contributed by atoms with Gasteiger partial charge in [-0.1, -0.05) is 24.8 Å². The Kier molecular flexibility index (Phi) is 3.33. The van der Waals surface area contributed by atoms with Gasteiger partial charge in [-0.25, -0.2) is 0 Å².